The van der Waals surface area contributed by atoms with E-state index in [-0.39, 0.29) is 11.6 Å². The third kappa shape index (κ3) is 6.52. The number of benzene rings is 1. The molecule has 0 aliphatic heterocycles. The Morgan fingerprint density at radius 2 is 2.00 bits per heavy atom. The average Bonchev–Trinajstić information content (AvgIpc) is 2.53. The van der Waals surface area contributed by atoms with Crippen LogP contribution in [0.2, 0.25) is 0 Å². The van der Waals surface area contributed by atoms with Crippen LogP contribution in [-0.4, -0.2) is 17.4 Å². The van der Waals surface area contributed by atoms with Crippen molar-refractivity contribution in [2.75, 3.05) is 6.54 Å². The smallest absolute Gasteiger partial charge is 0.269 e. The van der Waals surface area contributed by atoms with Gasteiger partial charge in [-0.2, -0.15) is 0 Å². The van der Waals surface area contributed by atoms with Crippen LogP contribution >= 0.6 is 0 Å². The van der Waals surface area contributed by atoms with Gasteiger partial charge >= 0.3 is 0 Å². The number of nitro groups is 1. The third-order valence-electron chi connectivity index (χ3n) is 3.64. The molecule has 5 heteroatoms. The summed E-state index contributed by atoms with van der Waals surface area (Å²) in [7, 11) is 0. The summed E-state index contributed by atoms with van der Waals surface area (Å²) < 4.78 is 0. The van der Waals surface area contributed by atoms with E-state index in [1.165, 1.54) is 31.1 Å². The summed E-state index contributed by atoms with van der Waals surface area (Å²) in [6.45, 7) is 5.00. The van der Waals surface area contributed by atoms with Crippen LogP contribution in [0.5, 0.6) is 0 Å². The summed E-state index contributed by atoms with van der Waals surface area (Å²) in [6.07, 6.45) is 7.68. The van der Waals surface area contributed by atoms with E-state index in [4.69, 9.17) is 0 Å². The fraction of sp³-hybridized carbons (Fsp3) is 0.471. The Balaban J connectivity index is 2.44. The molecule has 22 heavy (non-hydrogen) atoms. The molecule has 120 valence electrons. The van der Waals surface area contributed by atoms with Crippen LogP contribution in [0.3, 0.4) is 0 Å². The highest BCUT2D eigenvalue weighted by Gasteiger charge is 2.07. The molecule has 5 nitrogen and oxygen atoms in total. The normalized spacial score (nSPS) is 12.3. The van der Waals surface area contributed by atoms with Crippen molar-refractivity contribution < 1.29 is 9.72 Å². The van der Waals surface area contributed by atoms with Crippen LogP contribution < -0.4 is 5.32 Å². The molecule has 0 heterocycles. The van der Waals surface area contributed by atoms with E-state index in [1.807, 2.05) is 0 Å². The zero-order chi connectivity index (χ0) is 16.4. The maximum Gasteiger partial charge on any atom is 0.269 e. The van der Waals surface area contributed by atoms with Gasteiger partial charge in [-0.25, -0.2) is 0 Å². The summed E-state index contributed by atoms with van der Waals surface area (Å²) in [5.74, 6) is 0.393. The second-order valence-electron chi connectivity index (χ2n) is 5.34. The lowest BCUT2D eigenvalue weighted by Crippen LogP contribution is -2.27. The third-order valence-corrected chi connectivity index (χ3v) is 3.64. The second kappa shape index (κ2) is 9.71. The molecule has 0 fully saturated rings. The number of nitrogens with one attached hydrogen (secondary N) is 1. The summed E-state index contributed by atoms with van der Waals surface area (Å²) in [4.78, 5) is 21.9. The van der Waals surface area contributed by atoms with E-state index < -0.39 is 4.92 Å². The monoisotopic (exact) mass is 304 g/mol. The Morgan fingerprint density at radius 3 is 2.55 bits per heavy atom. The molecule has 0 saturated heterocycles. The Hall–Kier alpha value is -2.17. The molecule has 1 atom stereocenters. The molecule has 0 saturated carbocycles. The number of nitrogens with zero attached hydrogens (tertiary/aromatic N) is 1. The number of rotatable bonds is 9. The highest BCUT2D eigenvalue weighted by molar-refractivity contribution is 5.91. The van der Waals surface area contributed by atoms with Crippen LogP contribution in [-0.2, 0) is 4.79 Å². The van der Waals surface area contributed by atoms with Crippen LogP contribution in [0.4, 0.5) is 5.69 Å². The zero-order valence-corrected chi connectivity index (χ0v) is 13.2. The Kier molecular flexibility index (Phi) is 7.89. The first kappa shape index (κ1) is 17.9. The number of unbranched alkanes of at least 4 members (excludes halogenated alkanes) is 1. The lowest BCUT2D eigenvalue weighted by molar-refractivity contribution is -0.384. The van der Waals surface area contributed by atoms with Gasteiger partial charge in [0, 0.05) is 24.8 Å². The molecule has 1 unspecified atom stereocenters. The predicted octanol–water partition coefficient (Wildman–Crippen LogP) is 3.94. The number of non-ortho nitro benzene ring substituents is 1. The van der Waals surface area contributed by atoms with Gasteiger partial charge in [-0.3, -0.25) is 14.9 Å². The van der Waals surface area contributed by atoms with Crippen LogP contribution in [0, 0.1) is 16.0 Å². The number of nitro benzene ring substituents is 1. The van der Waals surface area contributed by atoms with Crippen LogP contribution in [0.15, 0.2) is 30.3 Å². The summed E-state index contributed by atoms with van der Waals surface area (Å²) in [6, 6.07) is 6.10. The quantitative estimate of drug-likeness (QED) is 0.426. The van der Waals surface area contributed by atoms with Crippen molar-refractivity contribution in [3.05, 3.63) is 46.0 Å². The van der Waals surface area contributed by atoms with Crippen molar-refractivity contribution >= 4 is 17.7 Å². The van der Waals surface area contributed by atoms with Crippen molar-refractivity contribution in [1.29, 1.82) is 0 Å². The summed E-state index contributed by atoms with van der Waals surface area (Å²) >= 11 is 0. The number of carbonyl (C=O) groups is 1. The zero-order valence-electron chi connectivity index (χ0n) is 13.2. The average molecular weight is 304 g/mol. The first-order valence-corrected chi connectivity index (χ1v) is 7.77. The molecule has 1 N–H and O–H groups in total. The van der Waals surface area contributed by atoms with E-state index in [1.54, 1.807) is 18.2 Å². The SMILES string of the molecule is CCCCC(CC)CNC(=O)C=Cc1ccc([N+](=O)[O-])cc1. The van der Waals surface area contributed by atoms with Crippen molar-refractivity contribution in [2.45, 2.75) is 39.5 Å². The molecular formula is C17H24N2O3. The van der Waals surface area contributed by atoms with Crippen molar-refractivity contribution in [3.63, 3.8) is 0 Å². The molecular weight excluding hydrogens is 280 g/mol. The van der Waals surface area contributed by atoms with Gasteiger partial charge in [0.2, 0.25) is 5.91 Å². The van der Waals surface area contributed by atoms with Crippen molar-refractivity contribution in [1.82, 2.24) is 5.32 Å². The minimum atomic E-state index is -0.443. The maximum atomic E-state index is 11.8. The Bertz CT molecular complexity index is 509. The fourth-order valence-electron chi connectivity index (χ4n) is 2.13. The van der Waals surface area contributed by atoms with Crippen LogP contribution in [0.25, 0.3) is 6.08 Å². The van der Waals surface area contributed by atoms with Gasteiger partial charge in [0.05, 0.1) is 4.92 Å². The highest BCUT2D eigenvalue weighted by Crippen LogP contribution is 2.13. The lowest BCUT2D eigenvalue weighted by atomic mass is 9.99. The number of amides is 1. The molecule has 0 radical (unpaired) electrons. The molecule has 0 bridgehead atoms. The fourth-order valence-corrected chi connectivity index (χ4v) is 2.13. The number of hydrogen-bond acceptors (Lipinski definition) is 3. The van der Waals surface area contributed by atoms with E-state index in [0.29, 0.717) is 12.5 Å². The van der Waals surface area contributed by atoms with Crippen LogP contribution in [0.1, 0.15) is 45.1 Å². The molecule has 1 aromatic carbocycles. The minimum absolute atomic E-state index is 0.0447. The van der Waals surface area contributed by atoms with Gasteiger partial charge in [0.15, 0.2) is 0 Å². The van der Waals surface area contributed by atoms with E-state index in [2.05, 4.69) is 19.2 Å². The second-order valence-corrected chi connectivity index (χ2v) is 5.34. The van der Waals surface area contributed by atoms with Crippen molar-refractivity contribution in [3.8, 4) is 0 Å². The van der Waals surface area contributed by atoms with Gasteiger partial charge in [0.1, 0.15) is 0 Å². The standard InChI is InChI=1S/C17H24N2O3/c1-3-5-6-14(4-2)13-18-17(20)12-9-15-7-10-16(11-8-15)19(21)22/h7-12,14H,3-6,13H2,1-2H3,(H,18,20). The maximum absolute atomic E-state index is 11.8. The number of hydrogen-bond donors (Lipinski definition) is 1. The van der Waals surface area contributed by atoms with Gasteiger partial charge in [0.25, 0.3) is 5.69 Å². The molecule has 0 aliphatic carbocycles. The molecule has 1 aromatic rings. The van der Waals surface area contributed by atoms with E-state index in [9.17, 15) is 14.9 Å². The molecule has 0 spiro atoms. The predicted molar refractivity (Wildman–Crippen MR) is 88.4 cm³/mol. The first-order valence-electron chi connectivity index (χ1n) is 7.77. The highest BCUT2D eigenvalue weighted by atomic mass is 16.6. The lowest BCUT2D eigenvalue weighted by Gasteiger charge is -2.14. The molecule has 0 aromatic heterocycles. The van der Waals surface area contributed by atoms with Crippen molar-refractivity contribution in [2.24, 2.45) is 5.92 Å². The molecule has 1 amide bonds. The largest absolute Gasteiger partial charge is 0.352 e. The number of carbonyl (C=O) groups excluding carboxylic acids is 1. The molecule has 0 aliphatic rings. The summed E-state index contributed by atoms with van der Waals surface area (Å²) in [5, 5.41) is 13.5. The minimum Gasteiger partial charge on any atom is -0.352 e. The van der Waals surface area contributed by atoms with Gasteiger partial charge < -0.3 is 5.32 Å². The first-order chi connectivity index (χ1) is 10.6. The topological polar surface area (TPSA) is 72.2 Å². The molecule has 1 rings (SSSR count). The van der Waals surface area contributed by atoms with E-state index in [0.717, 1.165) is 18.4 Å². The van der Waals surface area contributed by atoms with Gasteiger partial charge in [-0.1, -0.05) is 33.1 Å². The van der Waals surface area contributed by atoms with E-state index >= 15 is 0 Å². The Labute approximate surface area is 131 Å². The summed E-state index contributed by atoms with van der Waals surface area (Å²) in [5.41, 5.74) is 0.807. The van der Waals surface area contributed by atoms with Gasteiger partial charge in [-0.15, -0.1) is 0 Å². The van der Waals surface area contributed by atoms with Gasteiger partial charge in [-0.05, 0) is 36.1 Å². The Morgan fingerprint density at radius 1 is 1.32 bits per heavy atom.